The summed E-state index contributed by atoms with van der Waals surface area (Å²) in [5.41, 5.74) is 3.27. The van der Waals surface area contributed by atoms with Gasteiger partial charge in [-0.15, -0.1) is 0 Å². The zero-order valence-corrected chi connectivity index (χ0v) is 15.3. The highest BCUT2D eigenvalue weighted by molar-refractivity contribution is 6.33. The number of aryl methyl sites for hydroxylation is 1. The maximum absolute atomic E-state index is 11.8. The average molecular weight is 363 g/mol. The Balaban J connectivity index is 1.99. The minimum atomic E-state index is 0.0557. The highest BCUT2D eigenvalue weighted by atomic mass is 35.5. The lowest BCUT2D eigenvalue weighted by Gasteiger charge is -2.43. The van der Waals surface area contributed by atoms with Crippen LogP contribution in [-0.4, -0.2) is 30.4 Å². The lowest BCUT2D eigenvalue weighted by molar-refractivity contribution is -0.129. The fourth-order valence-electron chi connectivity index (χ4n) is 3.17. The molecule has 0 saturated carbocycles. The number of piperazine rings is 1. The van der Waals surface area contributed by atoms with Crippen molar-refractivity contribution in [2.45, 2.75) is 19.9 Å². The van der Waals surface area contributed by atoms with Gasteiger partial charge in [0.1, 0.15) is 0 Å². The molecule has 126 valence electrons. The molecule has 0 bridgehead atoms. The van der Waals surface area contributed by atoms with Crippen molar-refractivity contribution in [3.63, 3.8) is 0 Å². The molecule has 0 aliphatic carbocycles. The van der Waals surface area contributed by atoms with Crippen molar-refractivity contribution in [3.05, 3.63) is 63.6 Å². The third-order valence-corrected chi connectivity index (χ3v) is 5.05. The molecule has 1 amide bonds. The second-order valence-electron chi connectivity index (χ2n) is 6.18. The van der Waals surface area contributed by atoms with E-state index in [2.05, 4.69) is 17.0 Å². The van der Waals surface area contributed by atoms with Gasteiger partial charge in [-0.05, 0) is 42.3 Å². The van der Waals surface area contributed by atoms with E-state index in [9.17, 15) is 4.79 Å². The molecule has 0 spiro atoms. The zero-order chi connectivity index (χ0) is 17.3. The molecule has 1 heterocycles. The van der Waals surface area contributed by atoms with Crippen LogP contribution < -0.4 is 4.90 Å². The summed E-state index contributed by atoms with van der Waals surface area (Å²) in [4.78, 5) is 16.0. The van der Waals surface area contributed by atoms with Crippen LogP contribution in [0.5, 0.6) is 0 Å². The molecule has 1 aliphatic rings. The van der Waals surface area contributed by atoms with E-state index in [0.717, 1.165) is 28.4 Å². The predicted octanol–water partition coefficient (Wildman–Crippen LogP) is 4.71. The maximum atomic E-state index is 11.8. The molecule has 24 heavy (non-hydrogen) atoms. The number of hydrogen-bond donors (Lipinski definition) is 0. The smallest absolute Gasteiger partial charge is 0.219 e. The predicted molar refractivity (Wildman–Crippen MR) is 100.0 cm³/mol. The molecule has 2 aromatic rings. The number of nitrogens with zero attached hydrogens (tertiary/aromatic N) is 2. The number of benzene rings is 2. The third-order valence-electron chi connectivity index (χ3n) is 4.49. The highest BCUT2D eigenvalue weighted by Crippen LogP contribution is 2.36. The van der Waals surface area contributed by atoms with E-state index in [4.69, 9.17) is 23.2 Å². The largest absolute Gasteiger partial charge is 0.360 e. The van der Waals surface area contributed by atoms with Crippen molar-refractivity contribution in [1.29, 1.82) is 0 Å². The van der Waals surface area contributed by atoms with Gasteiger partial charge in [0.05, 0.1) is 16.8 Å². The number of carbonyl (C=O) groups excluding carboxylic acids is 1. The first-order valence-electron chi connectivity index (χ1n) is 7.99. The summed E-state index contributed by atoms with van der Waals surface area (Å²) < 4.78 is 0. The van der Waals surface area contributed by atoms with Crippen molar-refractivity contribution in [2.75, 3.05) is 24.5 Å². The Morgan fingerprint density at radius 2 is 1.79 bits per heavy atom. The van der Waals surface area contributed by atoms with Crippen molar-refractivity contribution in [2.24, 2.45) is 0 Å². The molecule has 0 aromatic heterocycles. The quantitative estimate of drug-likeness (QED) is 0.771. The topological polar surface area (TPSA) is 23.6 Å². The van der Waals surface area contributed by atoms with Gasteiger partial charge in [0.25, 0.3) is 0 Å². The summed E-state index contributed by atoms with van der Waals surface area (Å²) in [6.07, 6.45) is 0. The van der Waals surface area contributed by atoms with E-state index in [0.29, 0.717) is 18.1 Å². The monoisotopic (exact) mass is 362 g/mol. The average Bonchev–Trinajstić information content (AvgIpc) is 2.55. The van der Waals surface area contributed by atoms with Gasteiger partial charge in [0.2, 0.25) is 5.91 Å². The minimum absolute atomic E-state index is 0.0557. The molecule has 1 saturated heterocycles. The van der Waals surface area contributed by atoms with Crippen LogP contribution in [0.25, 0.3) is 0 Å². The number of anilines is 1. The van der Waals surface area contributed by atoms with E-state index in [1.54, 1.807) is 6.92 Å². The Hall–Kier alpha value is -1.71. The van der Waals surface area contributed by atoms with E-state index >= 15 is 0 Å². The summed E-state index contributed by atoms with van der Waals surface area (Å²) in [5.74, 6) is 0.101. The van der Waals surface area contributed by atoms with Crippen LogP contribution in [0.2, 0.25) is 10.0 Å². The molecule has 1 unspecified atom stereocenters. The molecule has 0 N–H and O–H groups in total. The SMILES string of the molecule is CC(=O)N1CCN(c2ccc(C)cc2Cl)C(c2ccc(Cl)cc2)C1. The summed E-state index contributed by atoms with van der Waals surface area (Å²) in [6, 6.07) is 14.0. The third kappa shape index (κ3) is 3.52. The molecular formula is C19H20Cl2N2O. The van der Waals surface area contributed by atoms with E-state index < -0.39 is 0 Å². The Kier molecular flexibility index (Phi) is 5.02. The summed E-state index contributed by atoms with van der Waals surface area (Å²) in [6.45, 7) is 5.73. The standard InChI is InChI=1S/C19H20Cl2N2O/c1-13-3-8-18(17(21)11-13)23-10-9-22(14(2)24)12-19(23)15-4-6-16(20)7-5-15/h3-8,11,19H,9-10,12H2,1-2H3. The Morgan fingerprint density at radius 1 is 1.08 bits per heavy atom. The van der Waals surface area contributed by atoms with Gasteiger partial charge < -0.3 is 9.80 Å². The Bertz CT molecular complexity index is 746. The van der Waals surface area contributed by atoms with Gasteiger partial charge in [-0.1, -0.05) is 41.4 Å². The lowest BCUT2D eigenvalue weighted by Crippen LogP contribution is -2.50. The second-order valence-corrected chi connectivity index (χ2v) is 7.02. The molecule has 3 rings (SSSR count). The molecule has 3 nitrogen and oxygen atoms in total. The molecule has 0 radical (unpaired) electrons. The fraction of sp³-hybridized carbons (Fsp3) is 0.316. The number of carbonyl (C=O) groups is 1. The number of halogens is 2. The first-order chi connectivity index (χ1) is 11.5. The zero-order valence-electron chi connectivity index (χ0n) is 13.8. The van der Waals surface area contributed by atoms with Crippen molar-refractivity contribution < 1.29 is 4.79 Å². The van der Waals surface area contributed by atoms with E-state index in [1.807, 2.05) is 42.2 Å². The van der Waals surface area contributed by atoms with Crippen molar-refractivity contribution in [1.82, 2.24) is 4.90 Å². The molecular weight excluding hydrogens is 343 g/mol. The molecule has 1 fully saturated rings. The lowest BCUT2D eigenvalue weighted by atomic mass is 10.0. The molecule has 5 heteroatoms. The molecule has 1 atom stereocenters. The number of amides is 1. The number of rotatable bonds is 2. The van der Waals surface area contributed by atoms with Crippen molar-refractivity contribution in [3.8, 4) is 0 Å². The van der Waals surface area contributed by atoms with Gasteiger partial charge in [-0.2, -0.15) is 0 Å². The second kappa shape index (κ2) is 7.04. The molecule has 2 aromatic carbocycles. The highest BCUT2D eigenvalue weighted by Gasteiger charge is 2.30. The summed E-state index contributed by atoms with van der Waals surface area (Å²) >= 11 is 12.5. The maximum Gasteiger partial charge on any atom is 0.219 e. The van der Waals surface area contributed by atoms with Crippen LogP contribution in [0.15, 0.2) is 42.5 Å². The van der Waals surface area contributed by atoms with Crippen LogP contribution in [0.3, 0.4) is 0 Å². The van der Waals surface area contributed by atoms with Crippen LogP contribution in [-0.2, 0) is 4.79 Å². The van der Waals surface area contributed by atoms with E-state index in [1.165, 1.54) is 0 Å². The van der Waals surface area contributed by atoms with Gasteiger partial charge in [0.15, 0.2) is 0 Å². The Labute approximate surface area is 152 Å². The molecule has 1 aliphatic heterocycles. The first kappa shape index (κ1) is 17.1. The Morgan fingerprint density at radius 3 is 2.42 bits per heavy atom. The van der Waals surface area contributed by atoms with Crippen LogP contribution in [0.4, 0.5) is 5.69 Å². The van der Waals surface area contributed by atoms with Gasteiger partial charge in [0, 0.05) is 31.6 Å². The van der Waals surface area contributed by atoms with Crippen LogP contribution in [0.1, 0.15) is 24.1 Å². The first-order valence-corrected chi connectivity index (χ1v) is 8.75. The van der Waals surface area contributed by atoms with E-state index in [-0.39, 0.29) is 11.9 Å². The van der Waals surface area contributed by atoms with Crippen LogP contribution in [0, 0.1) is 6.92 Å². The van der Waals surface area contributed by atoms with Crippen molar-refractivity contribution >= 4 is 34.8 Å². The summed E-state index contributed by atoms with van der Waals surface area (Å²) in [5, 5.41) is 1.45. The summed E-state index contributed by atoms with van der Waals surface area (Å²) in [7, 11) is 0. The van der Waals surface area contributed by atoms with Gasteiger partial charge in [-0.3, -0.25) is 4.79 Å². The fourth-order valence-corrected chi connectivity index (χ4v) is 3.64. The number of hydrogen-bond acceptors (Lipinski definition) is 2. The normalized spacial score (nSPS) is 17.9. The van der Waals surface area contributed by atoms with Gasteiger partial charge in [-0.25, -0.2) is 0 Å². The van der Waals surface area contributed by atoms with Crippen LogP contribution >= 0.6 is 23.2 Å². The van der Waals surface area contributed by atoms with Gasteiger partial charge >= 0.3 is 0 Å². The minimum Gasteiger partial charge on any atom is -0.360 e.